The predicted molar refractivity (Wildman–Crippen MR) is 193 cm³/mol. The third-order valence-corrected chi connectivity index (χ3v) is 15.9. The van der Waals surface area contributed by atoms with E-state index in [1.54, 1.807) is 0 Å². The van der Waals surface area contributed by atoms with Crippen LogP contribution in [0.25, 0.3) is 0 Å². The van der Waals surface area contributed by atoms with Gasteiger partial charge < -0.3 is 5.11 Å². The van der Waals surface area contributed by atoms with Crippen LogP contribution in [0.2, 0.25) is 0 Å². The van der Waals surface area contributed by atoms with Gasteiger partial charge in [-0.3, -0.25) is 4.55 Å². The van der Waals surface area contributed by atoms with Gasteiger partial charge in [0.2, 0.25) is 4.93 Å². The van der Waals surface area contributed by atoms with Crippen molar-refractivity contribution in [2.45, 2.75) is 152 Å². The van der Waals surface area contributed by atoms with Crippen LogP contribution >= 0.6 is 22.6 Å². The number of benzene rings is 2. The summed E-state index contributed by atoms with van der Waals surface area (Å²) in [6, 6.07) is 12.7. The van der Waals surface area contributed by atoms with Crippen molar-refractivity contribution >= 4 is 32.7 Å². The lowest BCUT2D eigenvalue weighted by molar-refractivity contribution is -0.0432. The summed E-state index contributed by atoms with van der Waals surface area (Å²) in [5.74, 6) is 0. The average Bonchev–Trinajstić information content (AvgIpc) is 3.10. The van der Waals surface area contributed by atoms with Crippen molar-refractivity contribution in [1.29, 1.82) is 0 Å². The highest BCUT2D eigenvalue weighted by Crippen LogP contribution is 2.86. The molecule has 4 unspecified atom stereocenters. The molecule has 0 heterocycles. The zero-order valence-corrected chi connectivity index (χ0v) is 32.8. The molecular formula is C38H57IO4S. The van der Waals surface area contributed by atoms with E-state index < -0.39 is 34.7 Å². The third kappa shape index (κ3) is 4.28. The monoisotopic (exact) mass is 736 g/mol. The van der Waals surface area contributed by atoms with Crippen LogP contribution in [-0.4, -0.2) is 23.0 Å². The number of aliphatic hydroxyl groups is 1. The fourth-order valence-electron chi connectivity index (χ4n) is 9.54. The summed E-state index contributed by atoms with van der Waals surface area (Å²) in [5.41, 5.74) is 2.64. The first kappa shape index (κ1) is 35.9. The quantitative estimate of drug-likeness (QED) is 0.187. The summed E-state index contributed by atoms with van der Waals surface area (Å²) in [4.78, 5) is -2.47. The number of rotatable bonds is 3. The summed E-state index contributed by atoms with van der Waals surface area (Å²) in [6.45, 7) is 32.6. The first-order chi connectivity index (χ1) is 19.4. The lowest BCUT2D eigenvalue weighted by Gasteiger charge is -2.55. The van der Waals surface area contributed by atoms with Crippen LogP contribution in [0.3, 0.4) is 0 Å². The highest BCUT2D eigenvalue weighted by atomic mass is 127. The van der Waals surface area contributed by atoms with Gasteiger partial charge in [0.1, 0.15) is 3.42 Å². The molecule has 0 aliphatic heterocycles. The Labute approximate surface area is 282 Å². The van der Waals surface area contributed by atoms with Gasteiger partial charge >= 0.3 is 0 Å². The van der Waals surface area contributed by atoms with Gasteiger partial charge in [0.25, 0.3) is 10.1 Å². The molecule has 2 N–H and O–H groups in total. The van der Waals surface area contributed by atoms with Crippen LogP contribution in [0.15, 0.2) is 36.4 Å². The van der Waals surface area contributed by atoms with E-state index in [2.05, 4.69) is 144 Å². The van der Waals surface area contributed by atoms with Crippen molar-refractivity contribution in [1.82, 2.24) is 0 Å². The zero-order chi connectivity index (χ0) is 34.1. The molecule has 246 valence electrons. The number of alkyl halides is 1. The van der Waals surface area contributed by atoms with Crippen molar-refractivity contribution in [3.8, 4) is 0 Å². The standard InChI is InChI=1S/C38H57IO4S/c1-30(2,3)24-18-16-20-26(28(24)32(7,8)9)36-23-22-35(15,34(36,13)14)38(40,44(41,42)43)37(36,39)27-21-17-19-25(31(4,5)6)29(27)33(10,11)12/h16-21,40H,22-23H2,1-15H3,(H,41,42,43). The molecular weight excluding hydrogens is 679 g/mol. The summed E-state index contributed by atoms with van der Waals surface area (Å²) < 4.78 is 38.1. The minimum Gasteiger partial charge on any atom is -0.371 e. The largest absolute Gasteiger partial charge is 0.371 e. The molecule has 2 fully saturated rings. The third-order valence-electron chi connectivity index (χ3n) is 11.7. The van der Waals surface area contributed by atoms with E-state index >= 15 is 0 Å². The molecule has 4 nitrogen and oxygen atoms in total. The zero-order valence-electron chi connectivity index (χ0n) is 29.9. The lowest BCUT2D eigenvalue weighted by atomic mass is 9.54. The smallest absolute Gasteiger partial charge is 0.297 e. The second-order valence-electron chi connectivity index (χ2n) is 18.6. The molecule has 44 heavy (non-hydrogen) atoms. The van der Waals surface area contributed by atoms with Gasteiger partial charge in [0.15, 0.2) is 0 Å². The molecule has 0 aromatic heterocycles. The Morgan fingerprint density at radius 1 is 0.659 bits per heavy atom. The van der Waals surface area contributed by atoms with Gasteiger partial charge in [0.05, 0.1) is 0 Å². The highest BCUT2D eigenvalue weighted by molar-refractivity contribution is 14.1. The molecule has 0 amide bonds. The molecule has 6 heteroatoms. The molecule has 2 aromatic carbocycles. The van der Waals surface area contributed by atoms with Crippen molar-refractivity contribution in [2.75, 3.05) is 0 Å². The summed E-state index contributed by atoms with van der Waals surface area (Å²) >= 11 is 2.32. The Morgan fingerprint density at radius 3 is 1.41 bits per heavy atom. The predicted octanol–water partition coefficient (Wildman–Crippen LogP) is 9.86. The van der Waals surface area contributed by atoms with Gasteiger partial charge in [-0.2, -0.15) is 8.42 Å². The van der Waals surface area contributed by atoms with Crippen LogP contribution in [-0.2, 0) is 40.6 Å². The second kappa shape index (κ2) is 9.79. The fraction of sp³-hybridized carbons (Fsp3) is 0.684. The summed E-state index contributed by atoms with van der Waals surface area (Å²) in [6.07, 6.45) is 1.14. The number of hydrogen-bond acceptors (Lipinski definition) is 3. The Hall–Kier alpha value is -0.960. The van der Waals surface area contributed by atoms with Crippen LogP contribution in [0, 0.1) is 10.8 Å². The van der Waals surface area contributed by atoms with E-state index in [-0.39, 0.29) is 21.7 Å². The van der Waals surface area contributed by atoms with Gasteiger partial charge in [-0.25, -0.2) is 0 Å². The van der Waals surface area contributed by atoms with Crippen molar-refractivity contribution in [2.24, 2.45) is 10.8 Å². The Bertz CT molecular complexity index is 1600. The number of halogens is 1. The van der Waals surface area contributed by atoms with Crippen LogP contribution in [0.4, 0.5) is 0 Å². The fourth-order valence-corrected chi connectivity index (χ4v) is 14.2. The minimum atomic E-state index is -5.01. The topological polar surface area (TPSA) is 74.6 Å². The van der Waals surface area contributed by atoms with Crippen LogP contribution < -0.4 is 0 Å². The summed E-state index contributed by atoms with van der Waals surface area (Å²) in [5, 5.41) is 13.3. The number of hydrogen-bond donors (Lipinski definition) is 2. The SMILES string of the molecule is CC(C)(C)c1cccc(C2(I)C3(c4cccc(C(C)(C)C)c4C(C)(C)C)CCC(C)(C3(C)C)C2(O)S(=O)(=O)O)c1C(C)(C)C. The van der Waals surface area contributed by atoms with Gasteiger partial charge in [-0.1, -0.05) is 163 Å². The Morgan fingerprint density at radius 2 is 1.05 bits per heavy atom. The van der Waals surface area contributed by atoms with Gasteiger partial charge in [-0.15, -0.1) is 0 Å². The maximum Gasteiger partial charge on any atom is 0.297 e. The average molecular weight is 737 g/mol. The van der Waals surface area contributed by atoms with E-state index in [4.69, 9.17) is 0 Å². The highest BCUT2D eigenvalue weighted by Gasteiger charge is 2.90. The molecule has 0 saturated heterocycles. The summed E-state index contributed by atoms with van der Waals surface area (Å²) in [7, 11) is -5.01. The van der Waals surface area contributed by atoms with E-state index in [1.807, 2.05) is 19.1 Å². The van der Waals surface area contributed by atoms with E-state index in [0.717, 1.165) is 22.3 Å². The minimum absolute atomic E-state index is 0.171. The molecule has 2 aliphatic carbocycles. The molecule has 2 aromatic rings. The van der Waals surface area contributed by atoms with E-state index in [1.165, 1.54) is 11.1 Å². The molecule has 2 saturated carbocycles. The van der Waals surface area contributed by atoms with Gasteiger partial charge in [-0.05, 0) is 73.3 Å². The Kier molecular flexibility index (Phi) is 7.99. The molecule has 4 atom stereocenters. The molecule has 4 rings (SSSR count). The van der Waals surface area contributed by atoms with Crippen LogP contribution in [0.1, 0.15) is 150 Å². The molecule has 2 bridgehead atoms. The molecule has 0 spiro atoms. The normalized spacial score (nSPS) is 31.0. The maximum atomic E-state index is 14.1. The van der Waals surface area contributed by atoms with Crippen molar-refractivity contribution in [3.05, 3.63) is 69.8 Å². The molecule has 2 aliphatic rings. The van der Waals surface area contributed by atoms with E-state index in [9.17, 15) is 18.1 Å². The van der Waals surface area contributed by atoms with Crippen molar-refractivity contribution in [3.63, 3.8) is 0 Å². The first-order valence-corrected chi connectivity index (χ1v) is 18.6. The maximum absolute atomic E-state index is 14.1. The lowest BCUT2D eigenvalue weighted by Crippen LogP contribution is -2.64. The number of fused-ring (bicyclic) bond motifs is 2. The second-order valence-corrected chi connectivity index (χ2v) is 21.8. The van der Waals surface area contributed by atoms with Crippen LogP contribution in [0.5, 0.6) is 0 Å². The Balaban J connectivity index is 2.42. The van der Waals surface area contributed by atoms with E-state index in [0.29, 0.717) is 12.8 Å². The van der Waals surface area contributed by atoms with Crippen molar-refractivity contribution < 1.29 is 18.1 Å². The van der Waals surface area contributed by atoms with Gasteiger partial charge in [0, 0.05) is 10.8 Å². The first-order valence-electron chi connectivity index (χ1n) is 16.1. The molecule has 0 radical (unpaired) electrons.